The third kappa shape index (κ3) is 6.39. The van der Waals surface area contributed by atoms with Gasteiger partial charge < -0.3 is 29.9 Å². The van der Waals surface area contributed by atoms with Gasteiger partial charge in [-0.2, -0.15) is 0 Å². The van der Waals surface area contributed by atoms with Crippen molar-refractivity contribution >= 4 is 17.7 Å². The van der Waals surface area contributed by atoms with Crippen LogP contribution in [0.1, 0.15) is 98.3 Å². The van der Waals surface area contributed by atoms with Crippen LogP contribution in [0.15, 0.2) is 47.6 Å². The van der Waals surface area contributed by atoms with Crippen molar-refractivity contribution < 1.29 is 44.3 Å². The molecule has 4 aliphatic carbocycles. The van der Waals surface area contributed by atoms with Gasteiger partial charge in [0.1, 0.15) is 12.4 Å². The van der Waals surface area contributed by atoms with Crippen LogP contribution in [0.2, 0.25) is 0 Å². The molecule has 0 unspecified atom stereocenters. The molecule has 1 aliphatic heterocycles. The summed E-state index contributed by atoms with van der Waals surface area (Å²) < 4.78 is 10.5. The maximum absolute atomic E-state index is 14.5. The Morgan fingerprint density at radius 1 is 0.920 bits per heavy atom. The molecule has 0 saturated heterocycles. The molecule has 0 aromatic carbocycles. The summed E-state index contributed by atoms with van der Waals surface area (Å²) in [5.74, 6) is -2.36. The van der Waals surface area contributed by atoms with Crippen LogP contribution in [0, 0.1) is 51.2 Å². The molecule has 0 amide bonds. The van der Waals surface area contributed by atoms with Gasteiger partial charge in [0.15, 0.2) is 0 Å². The van der Waals surface area contributed by atoms with Gasteiger partial charge in [-0.1, -0.05) is 58.1 Å². The first-order valence-electron chi connectivity index (χ1n) is 18.6. The van der Waals surface area contributed by atoms with Crippen molar-refractivity contribution in [3.8, 4) is 0 Å². The molecule has 278 valence electrons. The third-order valence-corrected chi connectivity index (χ3v) is 14.8. The van der Waals surface area contributed by atoms with Crippen molar-refractivity contribution in [3.05, 3.63) is 47.6 Å². The molecule has 0 aromatic rings. The van der Waals surface area contributed by atoms with Crippen LogP contribution in [0.25, 0.3) is 0 Å². The van der Waals surface area contributed by atoms with E-state index < -0.39 is 40.9 Å². The molecule has 0 aromatic heterocycles. The number of hydrogen-bond donors (Lipinski definition) is 4. The van der Waals surface area contributed by atoms with Crippen molar-refractivity contribution in [3.63, 3.8) is 0 Å². The number of carbonyl (C=O) groups is 3. The third-order valence-electron chi connectivity index (χ3n) is 14.8. The fourth-order valence-corrected chi connectivity index (χ4v) is 11.5. The van der Waals surface area contributed by atoms with Gasteiger partial charge in [0, 0.05) is 28.4 Å². The number of ketones is 1. The maximum atomic E-state index is 14.5. The van der Waals surface area contributed by atoms with Gasteiger partial charge in [-0.25, -0.2) is 9.59 Å². The first kappa shape index (κ1) is 38.6. The molecule has 0 radical (unpaired) electrons. The van der Waals surface area contributed by atoms with E-state index in [1.165, 1.54) is 7.11 Å². The lowest BCUT2D eigenvalue weighted by atomic mass is 9.45. The number of fused-ring (bicyclic) bond motifs is 2. The highest BCUT2D eigenvalue weighted by Gasteiger charge is 2.59. The van der Waals surface area contributed by atoms with E-state index in [1.54, 1.807) is 12.2 Å². The standard InChI is InChI=1S/C41H60O9/c1-24-8-12-32-38(3,17-14-34(45)40(32,5)22-42)29(24)11-10-26(36(47)49-7)20-31(44)28(27-16-19-50-37(27)48)21-30-25(2)9-13-33-39(30,4)18-15-35(46)41(33,6)23-43/h10,16,28-30,32-35,42-43,45-46H,1-2,8-9,11-15,17-23H2,3-7H3/b26-10+/t28-,29+,30+,32-,33-,34+,35+,38-,39-,40-,41-/m0/s1. The monoisotopic (exact) mass is 696 g/mol. The highest BCUT2D eigenvalue weighted by atomic mass is 16.5. The quantitative estimate of drug-likeness (QED) is 0.126. The Kier molecular flexibility index (Phi) is 11.2. The van der Waals surface area contributed by atoms with Crippen molar-refractivity contribution in [2.45, 2.75) is 111 Å². The Morgan fingerprint density at radius 3 is 1.92 bits per heavy atom. The molecule has 5 rings (SSSR count). The molecule has 0 bridgehead atoms. The molecule has 11 atom stereocenters. The van der Waals surface area contributed by atoms with E-state index in [4.69, 9.17) is 9.47 Å². The van der Waals surface area contributed by atoms with E-state index in [0.29, 0.717) is 44.1 Å². The smallest absolute Gasteiger partial charge is 0.334 e. The van der Waals surface area contributed by atoms with Crippen molar-refractivity contribution in [1.29, 1.82) is 0 Å². The van der Waals surface area contributed by atoms with Crippen LogP contribution in [0.3, 0.4) is 0 Å². The van der Waals surface area contributed by atoms with Gasteiger partial charge in [0.2, 0.25) is 0 Å². The second kappa shape index (κ2) is 14.4. The zero-order valence-electron chi connectivity index (χ0n) is 30.8. The lowest BCUT2D eigenvalue weighted by molar-refractivity contribution is -0.154. The predicted molar refractivity (Wildman–Crippen MR) is 189 cm³/mol. The molecule has 1 heterocycles. The van der Waals surface area contributed by atoms with Gasteiger partial charge in [0.05, 0.1) is 38.4 Å². The Hall–Kier alpha value is -2.59. The van der Waals surface area contributed by atoms with E-state index in [0.717, 1.165) is 36.8 Å². The highest BCUT2D eigenvalue weighted by molar-refractivity contribution is 6.02. The van der Waals surface area contributed by atoms with Crippen LogP contribution in [0.5, 0.6) is 0 Å². The van der Waals surface area contributed by atoms with Crippen LogP contribution >= 0.6 is 0 Å². The summed E-state index contributed by atoms with van der Waals surface area (Å²) in [6, 6.07) is 0. The van der Waals surface area contributed by atoms with E-state index in [-0.39, 0.29) is 72.1 Å². The van der Waals surface area contributed by atoms with E-state index in [2.05, 4.69) is 27.0 Å². The molecule has 9 heteroatoms. The number of aliphatic hydroxyl groups is 4. The molecular formula is C41H60O9. The zero-order valence-corrected chi connectivity index (χ0v) is 30.8. The van der Waals surface area contributed by atoms with Crippen LogP contribution < -0.4 is 0 Å². The number of cyclic esters (lactones) is 1. The number of hydrogen-bond acceptors (Lipinski definition) is 9. The van der Waals surface area contributed by atoms with E-state index in [9.17, 15) is 34.8 Å². The summed E-state index contributed by atoms with van der Waals surface area (Å²) in [6.07, 6.45) is 8.39. The van der Waals surface area contributed by atoms with Crippen LogP contribution in [-0.2, 0) is 23.9 Å². The van der Waals surface area contributed by atoms with Gasteiger partial charge in [0.25, 0.3) is 0 Å². The minimum absolute atomic E-state index is 0.00703. The number of allylic oxidation sites excluding steroid dienone is 3. The molecular weight excluding hydrogens is 636 g/mol. The minimum Gasteiger partial charge on any atom is -0.466 e. The Labute approximate surface area is 297 Å². The largest absolute Gasteiger partial charge is 0.466 e. The van der Waals surface area contributed by atoms with Gasteiger partial charge >= 0.3 is 11.9 Å². The summed E-state index contributed by atoms with van der Waals surface area (Å²) in [5, 5.41) is 42.8. The second-order valence-electron chi connectivity index (χ2n) is 17.2. The molecule has 9 nitrogen and oxygen atoms in total. The SMILES string of the molecule is C=C1CC[C@@H]2[C@](C)(CO)[C@H](O)CC[C@@]2(C)[C@@H]1C/C=C(\CC(=O)[C@@H](C[C@@H]1C(=C)CC[C@@H]2[C@](C)(CO)[C@H](O)CC[C@]21C)C1=CCOC1=O)C(=O)OC. The molecule has 5 aliphatic rings. The van der Waals surface area contributed by atoms with Crippen molar-refractivity contribution in [1.82, 2.24) is 0 Å². The zero-order chi connectivity index (χ0) is 36.8. The molecule has 4 N–H and O–H groups in total. The number of esters is 2. The van der Waals surface area contributed by atoms with Crippen LogP contribution in [-0.4, -0.2) is 77.3 Å². The normalized spacial score (nSPS) is 41.1. The fraction of sp³-hybridized carbons (Fsp3) is 0.732. The summed E-state index contributed by atoms with van der Waals surface area (Å²) in [4.78, 5) is 40.8. The van der Waals surface area contributed by atoms with Gasteiger partial charge in [-0.15, -0.1) is 0 Å². The van der Waals surface area contributed by atoms with Crippen molar-refractivity contribution in [2.24, 2.45) is 51.2 Å². The predicted octanol–water partition coefficient (Wildman–Crippen LogP) is 5.41. The van der Waals surface area contributed by atoms with E-state index in [1.807, 2.05) is 13.8 Å². The Morgan fingerprint density at radius 2 is 1.44 bits per heavy atom. The molecule has 4 saturated carbocycles. The lowest BCUT2D eigenvalue weighted by Crippen LogP contribution is -2.57. The highest BCUT2D eigenvalue weighted by Crippen LogP contribution is 2.63. The number of rotatable bonds is 11. The number of Topliss-reactive ketones (excluding diaryl/α,β-unsaturated/α-hetero) is 1. The van der Waals surface area contributed by atoms with Crippen LogP contribution in [0.4, 0.5) is 0 Å². The number of carbonyl (C=O) groups excluding carboxylic acids is 3. The topological polar surface area (TPSA) is 151 Å². The van der Waals surface area contributed by atoms with Gasteiger partial charge in [-0.3, -0.25) is 4.79 Å². The lowest BCUT2D eigenvalue weighted by Gasteiger charge is -2.60. The van der Waals surface area contributed by atoms with Gasteiger partial charge in [-0.05, 0) is 105 Å². The minimum atomic E-state index is -0.834. The first-order valence-corrected chi connectivity index (χ1v) is 18.6. The number of ether oxygens (including phenoxy) is 2. The summed E-state index contributed by atoms with van der Waals surface area (Å²) >= 11 is 0. The summed E-state index contributed by atoms with van der Waals surface area (Å²) in [6.45, 7) is 17.0. The first-order chi connectivity index (χ1) is 23.5. The number of methoxy groups -OCH3 is 1. The molecule has 4 fully saturated rings. The number of aliphatic hydroxyl groups excluding tert-OH is 4. The fourth-order valence-electron chi connectivity index (χ4n) is 11.5. The summed E-state index contributed by atoms with van der Waals surface area (Å²) in [7, 11) is 1.30. The average Bonchev–Trinajstić information content (AvgIpc) is 3.51. The second-order valence-corrected chi connectivity index (χ2v) is 17.2. The van der Waals surface area contributed by atoms with Crippen molar-refractivity contribution in [2.75, 3.05) is 26.9 Å². The maximum Gasteiger partial charge on any atom is 0.334 e. The Bertz CT molecular complexity index is 1440. The summed E-state index contributed by atoms with van der Waals surface area (Å²) in [5.41, 5.74) is 0.638. The van der Waals surface area contributed by atoms with E-state index >= 15 is 0 Å². The molecule has 50 heavy (non-hydrogen) atoms. The Balaban J connectivity index is 1.44. The average molecular weight is 697 g/mol. The molecule has 0 spiro atoms.